The topological polar surface area (TPSA) is 193 Å². The van der Waals surface area contributed by atoms with Crippen molar-refractivity contribution in [1.29, 1.82) is 0 Å². The maximum absolute atomic E-state index is 10.7. The van der Waals surface area contributed by atoms with Gasteiger partial charge in [0.15, 0.2) is 22.8 Å². The fraction of sp³-hybridized carbons (Fsp3) is 0. The molecule has 0 spiro atoms. The molecule has 25 heavy (non-hydrogen) atoms. The molecule has 0 unspecified atom stereocenters. The molecule has 0 saturated carbocycles. The molecule has 1 aromatic carbocycles. The van der Waals surface area contributed by atoms with Gasteiger partial charge in [0.05, 0.1) is 0 Å². The summed E-state index contributed by atoms with van der Waals surface area (Å²) in [5.41, 5.74) is 18.3. The number of aromatic nitrogens is 4. The maximum atomic E-state index is 10.7. The van der Waals surface area contributed by atoms with E-state index in [4.69, 9.17) is 21.8 Å². The van der Waals surface area contributed by atoms with Crippen LogP contribution in [0.1, 0.15) is 0 Å². The van der Waals surface area contributed by atoms with Gasteiger partial charge in [0.25, 0.3) is 0 Å². The van der Waals surface area contributed by atoms with Crippen LogP contribution >= 0.6 is 0 Å². The van der Waals surface area contributed by atoms with Crippen LogP contribution in [0.2, 0.25) is 0 Å². The standard InChI is InChI=1S/C12H11N7O4S.K/c13-9-7(5-1-3-6(4-2-5)23-24(20,21)22)16-8-10(14)18-12(15)19-11(8)17-9;/h1-4H,(H,20,21,22)(H6,13,14,15,17,18,19);. The third-order valence-electron chi connectivity index (χ3n) is 2.93. The normalized spacial score (nSPS) is 11.1. The van der Waals surface area contributed by atoms with Crippen molar-refractivity contribution in [3.8, 4) is 17.0 Å². The van der Waals surface area contributed by atoms with Gasteiger partial charge < -0.3 is 21.4 Å². The minimum absolute atomic E-state index is 0. The number of rotatable bonds is 3. The molecule has 13 heteroatoms. The minimum atomic E-state index is -4.60. The molecule has 0 aliphatic heterocycles. The number of nitrogen functional groups attached to an aromatic ring is 3. The van der Waals surface area contributed by atoms with E-state index in [9.17, 15) is 8.42 Å². The predicted molar refractivity (Wildman–Crippen MR) is 91.7 cm³/mol. The van der Waals surface area contributed by atoms with Crippen LogP contribution in [0.25, 0.3) is 22.4 Å². The number of hydrogen-bond donors (Lipinski definition) is 4. The summed E-state index contributed by atoms with van der Waals surface area (Å²) in [6, 6.07) is 5.61. The summed E-state index contributed by atoms with van der Waals surface area (Å²) >= 11 is 0. The van der Waals surface area contributed by atoms with Gasteiger partial charge in [0.2, 0.25) is 5.95 Å². The molecule has 0 aliphatic rings. The van der Waals surface area contributed by atoms with Crippen molar-refractivity contribution >= 4 is 90.5 Å². The van der Waals surface area contributed by atoms with Crippen LogP contribution in [0, 0.1) is 0 Å². The van der Waals surface area contributed by atoms with E-state index in [0.717, 1.165) is 0 Å². The first kappa shape index (κ1) is 19.7. The predicted octanol–water partition coefficient (Wildman–Crippen LogP) is -0.366. The zero-order valence-electron chi connectivity index (χ0n) is 12.9. The molecular formula is C12H11KN7O4S. The Balaban J connectivity index is 0.00000225. The van der Waals surface area contributed by atoms with Crippen molar-refractivity contribution in [2.24, 2.45) is 0 Å². The van der Waals surface area contributed by atoms with E-state index in [1.165, 1.54) is 24.3 Å². The van der Waals surface area contributed by atoms with E-state index in [0.29, 0.717) is 11.3 Å². The van der Waals surface area contributed by atoms with Crippen LogP contribution in [-0.2, 0) is 10.4 Å². The first-order valence-corrected chi connectivity index (χ1v) is 7.73. The average molecular weight is 388 g/mol. The summed E-state index contributed by atoms with van der Waals surface area (Å²) in [5, 5.41) is 0. The van der Waals surface area contributed by atoms with Gasteiger partial charge in [0, 0.05) is 56.9 Å². The third-order valence-corrected chi connectivity index (χ3v) is 3.33. The number of anilines is 3. The Morgan fingerprint density at radius 3 is 2.16 bits per heavy atom. The quantitative estimate of drug-likeness (QED) is 0.338. The second-order valence-corrected chi connectivity index (χ2v) is 5.65. The Morgan fingerprint density at radius 1 is 0.920 bits per heavy atom. The number of benzene rings is 1. The van der Waals surface area contributed by atoms with E-state index in [2.05, 4.69) is 24.1 Å². The van der Waals surface area contributed by atoms with E-state index in [1.54, 1.807) is 0 Å². The number of hydrogen-bond acceptors (Lipinski definition) is 10. The van der Waals surface area contributed by atoms with E-state index in [1.807, 2.05) is 0 Å². The van der Waals surface area contributed by atoms with Crippen LogP contribution in [0.5, 0.6) is 5.75 Å². The van der Waals surface area contributed by atoms with Gasteiger partial charge in [0.1, 0.15) is 11.4 Å². The molecule has 0 bridgehead atoms. The summed E-state index contributed by atoms with van der Waals surface area (Å²) in [6.45, 7) is 0. The van der Waals surface area contributed by atoms with Crippen LogP contribution in [-0.4, -0.2) is 84.3 Å². The van der Waals surface area contributed by atoms with Gasteiger partial charge in [-0.25, -0.2) is 9.97 Å². The molecule has 11 nitrogen and oxygen atoms in total. The zero-order chi connectivity index (χ0) is 17.5. The summed E-state index contributed by atoms with van der Waals surface area (Å²) < 4.78 is 34.3. The van der Waals surface area contributed by atoms with Crippen molar-refractivity contribution in [3.63, 3.8) is 0 Å². The summed E-state index contributed by atoms with van der Waals surface area (Å²) in [4.78, 5) is 16.1. The van der Waals surface area contributed by atoms with Crippen molar-refractivity contribution in [1.82, 2.24) is 19.9 Å². The van der Waals surface area contributed by atoms with Gasteiger partial charge in [-0.1, -0.05) is 0 Å². The molecule has 0 aliphatic carbocycles. The van der Waals surface area contributed by atoms with Gasteiger partial charge in [-0.05, 0) is 24.3 Å². The third kappa shape index (κ3) is 4.52. The molecule has 1 radical (unpaired) electrons. The molecule has 0 saturated heterocycles. The fourth-order valence-corrected chi connectivity index (χ4v) is 2.36. The molecular weight excluding hydrogens is 377 g/mol. The van der Waals surface area contributed by atoms with Gasteiger partial charge in [-0.2, -0.15) is 18.4 Å². The molecule has 125 valence electrons. The molecule has 0 fully saturated rings. The van der Waals surface area contributed by atoms with Crippen LogP contribution < -0.4 is 21.4 Å². The number of nitrogens with zero attached hydrogens (tertiary/aromatic N) is 4. The van der Waals surface area contributed by atoms with E-state index >= 15 is 0 Å². The van der Waals surface area contributed by atoms with Crippen molar-refractivity contribution < 1.29 is 17.2 Å². The SMILES string of the molecule is Nc1nc(N)c2nc(-c3ccc(OS(=O)(=O)O)cc3)c(N)nc2n1.[K]. The molecule has 2 heterocycles. The van der Waals surface area contributed by atoms with Crippen molar-refractivity contribution in [2.45, 2.75) is 0 Å². The van der Waals surface area contributed by atoms with Crippen LogP contribution in [0.3, 0.4) is 0 Å². The molecule has 0 amide bonds. The summed E-state index contributed by atoms with van der Waals surface area (Å²) in [7, 11) is -4.60. The molecule has 7 N–H and O–H groups in total. The Bertz CT molecular complexity index is 1040. The zero-order valence-corrected chi connectivity index (χ0v) is 16.9. The number of fused-ring (bicyclic) bond motifs is 1. The Kier molecular flexibility index (Phi) is 5.77. The van der Waals surface area contributed by atoms with Crippen LogP contribution in [0.15, 0.2) is 24.3 Å². The van der Waals surface area contributed by atoms with Gasteiger partial charge in [-0.3, -0.25) is 4.55 Å². The second-order valence-electron chi connectivity index (χ2n) is 4.63. The monoisotopic (exact) mass is 388 g/mol. The summed E-state index contributed by atoms with van der Waals surface area (Å²) in [6.07, 6.45) is 0. The van der Waals surface area contributed by atoms with Crippen molar-refractivity contribution in [3.05, 3.63) is 24.3 Å². The van der Waals surface area contributed by atoms with Gasteiger partial charge >= 0.3 is 10.4 Å². The smallest absolute Gasteiger partial charge is 0.382 e. The molecule has 3 rings (SSSR count). The first-order chi connectivity index (χ1) is 11.2. The maximum Gasteiger partial charge on any atom is 0.446 e. The molecule has 2 aromatic heterocycles. The molecule has 3 aromatic rings. The molecule has 0 atom stereocenters. The summed E-state index contributed by atoms with van der Waals surface area (Å²) in [5.74, 6) is -0.00150. The van der Waals surface area contributed by atoms with E-state index < -0.39 is 10.4 Å². The minimum Gasteiger partial charge on any atom is -0.382 e. The van der Waals surface area contributed by atoms with Crippen molar-refractivity contribution in [2.75, 3.05) is 17.2 Å². The van der Waals surface area contributed by atoms with Crippen LogP contribution in [0.4, 0.5) is 17.6 Å². The Labute approximate surface area is 184 Å². The Hall–Kier alpha value is -1.61. The fourth-order valence-electron chi connectivity index (χ4n) is 2.00. The average Bonchev–Trinajstić information content (AvgIpc) is 2.46. The largest absolute Gasteiger partial charge is 0.446 e. The van der Waals surface area contributed by atoms with Gasteiger partial charge in [-0.15, -0.1) is 0 Å². The first-order valence-electron chi connectivity index (χ1n) is 6.36. The Morgan fingerprint density at radius 2 is 1.56 bits per heavy atom. The number of nitrogens with two attached hydrogens (primary N) is 3. The second kappa shape index (κ2) is 7.33. The van der Waals surface area contributed by atoms with E-state index in [-0.39, 0.29) is 85.9 Å².